The summed E-state index contributed by atoms with van der Waals surface area (Å²) in [6.07, 6.45) is 0. The van der Waals surface area contributed by atoms with E-state index in [9.17, 15) is 17.2 Å². The first-order chi connectivity index (χ1) is 9.79. The fourth-order valence-corrected chi connectivity index (χ4v) is 3.03. The van der Waals surface area contributed by atoms with Crippen LogP contribution in [0.1, 0.15) is 5.56 Å². The van der Waals surface area contributed by atoms with Crippen LogP contribution in [0.5, 0.6) is 0 Å². The van der Waals surface area contributed by atoms with Crippen molar-refractivity contribution in [2.45, 2.75) is 11.4 Å². The molecule has 0 fully saturated rings. The van der Waals surface area contributed by atoms with Gasteiger partial charge in [0.2, 0.25) is 10.0 Å². The summed E-state index contributed by atoms with van der Waals surface area (Å²) < 4.78 is 53.1. The van der Waals surface area contributed by atoms with Gasteiger partial charge >= 0.3 is 0 Å². The zero-order valence-electron chi connectivity index (χ0n) is 10.6. The summed E-state index contributed by atoms with van der Waals surface area (Å²) >= 11 is 3.01. The summed E-state index contributed by atoms with van der Waals surface area (Å²) in [5.41, 5.74) is 6.22. The van der Waals surface area contributed by atoms with Crippen molar-refractivity contribution in [2.24, 2.45) is 0 Å². The van der Waals surface area contributed by atoms with Crippen LogP contribution in [0.25, 0.3) is 0 Å². The van der Waals surface area contributed by atoms with Crippen LogP contribution in [0.2, 0.25) is 0 Å². The SMILES string of the molecule is Nc1cc(S(=O)(=O)NCc2ccc(F)cc2)c(F)cc1Br. The van der Waals surface area contributed by atoms with Gasteiger partial charge in [0.25, 0.3) is 0 Å². The fraction of sp³-hybridized carbons (Fsp3) is 0.0769. The monoisotopic (exact) mass is 376 g/mol. The summed E-state index contributed by atoms with van der Waals surface area (Å²) in [7, 11) is -4.06. The van der Waals surface area contributed by atoms with Crippen molar-refractivity contribution < 1.29 is 17.2 Å². The molecule has 0 bridgehead atoms. The van der Waals surface area contributed by atoms with E-state index in [1.807, 2.05) is 0 Å². The molecule has 8 heteroatoms. The number of nitrogens with two attached hydrogens (primary N) is 1. The topological polar surface area (TPSA) is 72.2 Å². The zero-order valence-corrected chi connectivity index (χ0v) is 13.0. The predicted octanol–water partition coefficient (Wildman–Crippen LogP) is 2.79. The molecule has 0 aromatic heterocycles. The second-order valence-corrected chi connectivity index (χ2v) is 6.84. The smallest absolute Gasteiger partial charge is 0.243 e. The molecule has 0 atom stereocenters. The molecule has 0 aliphatic heterocycles. The van der Waals surface area contributed by atoms with Crippen LogP contribution in [0.4, 0.5) is 14.5 Å². The molecule has 0 amide bonds. The minimum atomic E-state index is -4.06. The summed E-state index contributed by atoms with van der Waals surface area (Å²) in [6.45, 7) is -0.0853. The molecule has 2 rings (SSSR count). The Hall–Kier alpha value is -1.51. The number of benzene rings is 2. The first-order valence-corrected chi connectivity index (χ1v) is 8.06. The molecule has 0 aliphatic carbocycles. The molecular weight excluding hydrogens is 366 g/mol. The van der Waals surface area contributed by atoms with Crippen molar-refractivity contribution in [3.63, 3.8) is 0 Å². The number of rotatable bonds is 4. The molecule has 0 spiro atoms. The Labute approximate surface area is 129 Å². The molecule has 3 N–H and O–H groups in total. The summed E-state index contributed by atoms with van der Waals surface area (Å²) in [5, 5.41) is 0. The van der Waals surface area contributed by atoms with Crippen molar-refractivity contribution >= 4 is 31.6 Å². The number of hydrogen-bond acceptors (Lipinski definition) is 3. The first kappa shape index (κ1) is 15.9. The Bertz CT molecular complexity index is 764. The highest BCUT2D eigenvalue weighted by Crippen LogP contribution is 2.26. The lowest BCUT2D eigenvalue weighted by molar-refractivity contribution is 0.556. The van der Waals surface area contributed by atoms with E-state index in [1.165, 1.54) is 24.3 Å². The maximum atomic E-state index is 13.8. The Morgan fingerprint density at radius 3 is 2.38 bits per heavy atom. The highest BCUT2D eigenvalue weighted by molar-refractivity contribution is 9.10. The van der Waals surface area contributed by atoms with Crippen molar-refractivity contribution in [3.8, 4) is 0 Å². The van der Waals surface area contributed by atoms with Gasteiger partial charge in [-0.2, -0.15) is 0 Å². The van der Waals surface area contributed by atoms with E-state index in [2.05, 4.69) is 20.7 Å². The van der Waals surface area contributed by atoms with Gasteiger partial charge in [-0.1, -0.05) is 12.1 Å². The second kappa shape index (κ2) is 6.08. The molecule has 4 nitrogen and oxygen atoms in total. The average Bonchev–Trinajstić information content (AvgIpc) is 2.42. The van der Waals surface area contributed by atoms with Gasteiger partial charge in [-0.25, -0.2) is 21.9 Å². The van der Waals surface area contributed by atoms with E-state index < -0.39 is 26.6 Å². The van der Waals surface area contributed by atoms with Crippen LogP contribution in [-0.2, 0) is 16.6 Å². The summed E-state index contributed by atoms with van der Waals surface area (Å²) in [4.78, 5) is -0.537. The normalized spacial score (nSPS) is 11.6. The Morgan fingerprint density at radius 2 is 1.76 bits per heavy atom. The van der Waals surface area contributed by atoms with Crippen molar-refractivity contribution in [1.82, 2.24) is 4.72 Å². The lowest BCUT2D eigenvalue weighted by Crippen LogP contribution is -2.24. The molecule has 2 aromatic carbocycles. The standard InChI is InChI=1S/C13H11BrF2N2O2S/c14-10-5-11(16)13(6-12(10)17)21(19,20)18-7-8-1-3-9(15)4-2-8/h1-6,18H,7,17H2. The van der Waals surface area contributed by atoms with Gasteiger partial charge in [-0.05, 0) is 45.8 Å². The second-order valence-electron chi connectivity index (χ2n) is 4.26. The lowest BCUT2D eigenvalue weighted by Gasteiger charge is -2.09. The van der Waals surface area contributed by atoms with Gasteiger partial charge in [0.1, 0.15) is 16.5 Å². The zero-order chi connectivity index (χ0) is 15.6. The quantitative estimate of drug-likeness (QED) is 0.805. The molecule has 2 aromatic rings. The van der Waals surface area contributed by atoms with Crippen LogP contribution in [0.3, 0.4) is 0 Å². The highest BCUT2D eigenvalue weighted by Gasteiger charge is 2.20. The number of sulfonamides is 1. The van der Waals surface area contributed by atoms with Gasteiger partial charge in [0, 0.05) is 16.7 Å². The van der Waals surface area contributed by atoms with Crippen LogP contribution < -0.4 is 10.5 Å². The molecule has 0 saturated carbocycles. The van der Waals surface area contributed by atoms with E-state index in [4.69, 9.17) is 5.73 Å². The fourth-order valence-electron chi connectivity index (χ4n) is 1.61. The molecule has 0 aliphatic rings. The third-order valence-electron chi connectivity index (χ3n) is 2.72. The van der Waals surface area contributed by atoms with Crippen LogP contribution in [0.15, 0.2) is 45.8 Å². The summed E-state index contributed by atoms with van der Waals surface area (Å²) in [6, 6.07) is 7.31. The summed E-state index contributed by atoms with van der Waals surface area (Å²) in [5.74, 6) is -1.34. The molecule has 0 radical (unpaired) electrons. The van der Waals surface area contributed by atoms with E-state index in [0.29, 0.717) is 5.56 Å². The minimum absolute atomic E-state index is 0.0853. The van der Waals surface area contributed by atoms with Crippen LogP contribution in [-0.4, -0.2) is 8.42 Å². The van der Waals surface area contributed by atoms with Crippen molar-refractivity contribution in [3.05, 3.63) is 58.1 Å². The molecule has 112 valence electrons. The predicted molar refractivity (Wildman–Crippen MR) is 78.9 cm³/mol. The number of hydrogen-bond donors (Lipinski definition) is 2. The van der Waals surface area contributed by atoms with Crippen LogP contribution >= 0.6 is 15.9 Å². The van der Waals surface area contributed by atoms with Gasteiger partial charge in [-0.15, -0.1) is 0 Å². The third kappa shape index (κ3) is 3.78. The third-order valence-corrected chi connectivity index (χ3v) is 4.82. The number of nitrogen functional groups attached to an aromatic ring is 1. The molecule has 21 heavy (non-hydrogen) atoms. The minimum Gasteiger partial charge on any atom is -0.398 e. The van der Waals surface area contributed by atoms with Gasteiger partial charge in [0.05, 0.1) is 0 Å². The lowest BCUT2D eigenvalue weighted by atomic mass is 10.2. The number of nitrogens with one attached hydrogen (secondary N) is 1. The van der Waals surface area contributed by atoms with E-state index in [-0.39, 0.29) is 16.7 Å². The first-order valence-electron chi connectivity index (χ1n) is 5.78. The Kier molecular flexibility index (Phi) is 4.60. The van der Waals surface area contributed by atoms with Gasteiger partial charge < -0.3 is 5.73 Å². The van der Waals surface area contributed by atoms with Gasteiger partial charge in [-0.3, -0.25) is 0 Å². The Morgan fingerprint density at radius 1 is 1.14 bits per heavy atom. The largest absolute Gasteiger partial charge is 0.398 e. The molecular formula is C13H11BrF2N2O2S. The van der Waals surface area contributed by atoms with Crippen LogP contribution in [0, 0.1) is 11.6 Å². The molecule has 0 saturated heterocycles. The number of anilines is 1. The van der Waals surface area contributed by atoms with E-state index >= 15 is 0 Å². The molecule has 0 unspecified atom stereocenters. The van der Waals surface area contributed by atoms with Crippen molar-refractivity contribution in [2.75, 3.05) is 5.73 Å². The number of halogens is 3. The maximum absolute atomic E-state index is 13.8. The Balaban J connectivity index is 2.22. The van der Waals surface area contributed by atoms with E-state index in [1.54, 1.807) is 0 Å². The van der Waals surface area contributed by atoms with Crippen molar-refractivity contribution in [1.29, 1.82) is 0 Å². The van der Waals surface area contributed by atoms with E-state index in [0.717, 1.165) is 12.1 Å². The molecule has 0 heterocycles. The van der Waals surface area contributed by atoms with Gasteiger partial charge in [0.15, 0.2) is 0 Å². The average molecular weight is 377 g/mol. The maximum Gasteiger partial charge on any atom is 0.243 e. The highest BCUT2D eigenvalue weighted by atomic mass is 79.9.